The Morgan fingerprint density at radius 1 is 1.65 bits per heavy atom. The predicted molar refractivity (Wildman–Crippen MR) is 65.4 cm³/mol. The molecule has 1 heterocycles. The molecule has 1 aromatic heterocycles. The van der Waals surface area contributed by atoms with E-state index >= 15 is 0 Å². The first-order valence-corrected chi connectivity index (χ1v) is 5.62. The number of hydrogen-bond donors (Lipinski definition) is 1. The highest BCUT2D eigenvalue weighted by atomic mass is 16.5. The summed E-state index contributed by atoms with van der Waals surface area (Å²) in [6.07, 6.45) is 1.70. The van der Waals surface area contributed by atoms with Crippen molar-refractivity contribution in [3.63, 3.8) is 0 Å². The van der Waals surface area contributed by atoms with Crippen molar-refractivity contribution < 1.29 is 9.53 Å². The fourth-order valence-electron chi connectivity index (χ4n) is 1.56. The maximum atomic E-state index is 12.0. The van der Waals surface area contributed by atoms with Crippen LogP contribution in [-0.4, -0.2) is 46.9 Å². The number of methoxy groups -OCH3 is 1. The number of hydrogen-bond acceptors (Lipinski definition) is 4. The third kappa shape index (κ3) is 4.07. The highest BCUT2D eigenvalue weighted by Crippen LogP contribution is 2.02. The molecule has 0 aliphatic heterocycles. The minimum atomic E-state index is 0.0140. The number of nitrogen functional groups attached to an aromatic ring is 1. The quantitative estimate of drug-likeness (QED) is 0.778. The van der Waals surface area contributed by atoms with Gasteiger partial charge in [-0.3, -0.25) is 9.48 Å². The van der Waals surface area contributed by atoms with Crippen molar-refractivity contribution in [2.75, 3.05) is 26.0 Å². The van der Waals surface area contributed by atoms with Crippen LogP contribution in [0.3, 0.4) is 0 Å². The molecule has 1 amide bonds. The molecule has 0 saturated heterocycles. The van der Waals surface area contributed by atoms with Gasteiger partial charge in [-0.2, -0.15) is 5.10 Å². The van der Waals surface area contributed by atoms with Crippen molar-refractivity contribution in [2.24, 2.45) is 0 Å². The lowest BCUT2D eigenvalue weighted by atomic mass is 10.3. The number of nitrogens with zero attached hydrogens (tertiary/aromatic N) is 3. The topological polar surface area (TPSA) is 73.4 Å². The van der Waals surface area contributed by atoms with E-state index in [-0.39, 0.29) is 18.5 Å². The molecular weight excluding hydrogens is 220 g/mol. The zero-order valence-corrected chi connectivity index (χ0v) is 10.6. The first kappa shape index (κ1) is 13.5. The summed E-state index contributed by atoms with van der Waals surface area (Å²) in [5.41, 5.74) is 5.49. The maximum absolute atomic E-state index is 12.0. The van der Waals surface area contributed by atoms with Crippen molar-refractivity contribution in [1.29, 1.82) is 0 Å². The second kappa shape index (κ2) is 6.24. The Morgan fingerprint density at radius 2 is 2.35 bits per heavy atom. The van der Waals surface area contributed by atoms with Gasteiger partial charge in [0.15, 0.2) is 0 Å². The number of ether oxygens (including phenoxy) is 1. The Kier molecular flexibility index (Phi) is 4.96. The molecule has 6 nitrogen and oxygen atoms in total. The molecule has 1 aromatic rings. The van der Waals surface area contributed by atoms with E-state index in [1.54, 1.807) is 29.0 Å². The van der Waals surface area contributed by atoms with E-state index in [4.69, 9.17) is 10.5 Å². The summed E-state index contributed by atoms with van der Waals surface area (Å²) in [5.74, 6) is 0.436. The van der Waals surface area contributed by atoms with E-state index in [2.05, 4.69) is 5.10 Å². The van der Waals surface area contributed by atoms with Crippen LogP contribution in [0.2, 0.25) is 0 Å². The predicted octanol–water partition coefficient (Wildman–Crippen LogP) is 0.349. The molecule has 0 bridgehead atoms. The van der Waals surface area contributed by atoms with Gasteiger partial charge in [0, 0.05) is 25.9 Å². The van der Waals surface area contributed by atoms with Gasteiger partial charge >= 0.3 is 0 Å². The van der Waals surface area contributed by atoms with Crippen LogP contribution in [0.25, 0.3) is 0 Å². The molecule has 0 aliphatic carbocycles. The van der Waals surface area contributed by atoms with Gasteiger partial charge in [0.2, 0.25) is 5.91 Å². The lowest BCUT2D eigenvalue weighted by molar-refractivity contribution is -0.134. The number of carbonyl (C=O) groups is 1. The molecule has 6 heteroatoms. The number of aromatic nitrogens is 2. The van der Waals surface area contributed by atoms with Gasteiger partial charge < -0.3 is 15.4 Å². The van der Waals surface area contributed by atoms with Gasteiger partial charge in [0.25, 0.3) is 0 Å². The normalized spacial score (nSPS) is 10.8. The number of carbonyl (C=O) groups excluding carboxylic acids is 1. The number of amides is 1. The van der Waals surface area contributed by atoms with Crippen molar-refractivity contribution in [2.45, 2.75) is 26.4 Å². The molecule has 0 spiro atoms. The van der Waals surface area contributed by atoms with Crippen molar-refractivity contribution in [3.05, 3.63) is 12.3 Å². The van der Waals surface area contributed by atoms with Crippen LogP contribution in [0.15, 0.2) is 12.3 Å². The molecule has 0 fully saturated rings. The Hall–Kier alpha value is -1.56. The Labute approximate surface area is 101 Å². The lowest BCUT2D eigenvalue weighted by Crippen LogP contribution is -2.41. The van der Waals surface area contributed by atoms with E-state index in [1.165, 1.54) is 0 Å². The van der Waals surface area contributed by atoms with Gasteiger partial charge in [0.1, 0.15) is 12.4 Å². The molecule has 1 rings (SSSR count). The highest BCUT2D eigenvalue weighted by molar-refractivity contribution is 5.76. The zero-order chi connectivity index (χ0) is 12.8. The molecule has 17 heavy (non-hydrogen) atoms. The van der Waals surface area contributed by atoms with Crippen LogP contribution in [0.4, 0.5) is 5.82 Å². The molecule has 2 N–H and O–H groups in total. The number of anilines is 1. The Balaban J connectivity index is 2.58. The SMILES string of the molecule is COCCN(C(=O)Cn1ccc(N)n1)C(C)C. The summed E-state index contributed by atoms with van der Waals surface area (Å²) in [6, 6.07) is 1.81. The fourth-order valence-corrected chi connectivity index (χ4v) is 1.56. The van der Waals surface area contributed by atoms with E-state index in [0.29, 0.717) is 19.0 Å². The number of rotatable bonds is 6. The van der Waals surface area contributed by atoms with Crippen molar-refractivity contribution in [3.8, 4) is 0 Å². The third-order valence-corrected chi connectivity index (χ3v) is 2.44. The lowest BCUT2D eigenvalue weighted by Gasteiger charge is -2.26. The smallest absolute Gasteiger partial charge is 0.244 e. The molecule has 0 aliphatic rings. The Bertz CT molecular complexity index is 362. The van der Waals surface area contributed by atoms with Gasteiger partial charge in [-0.15, -0.1) is 0 Å². The molecule has 0 atom stereocenters. The first-order chi connectivity index (χ1) is 8.04. The molecular formula is C11H20N4O2. The van der Waals surface area contributed by atoms with Crippen LogP contribution >= 0.6 is 0 Å². The average molecular weight is 240 g/mol. The highest BCUT2D eigenvalue weighted by Gasteiger charge is 2.17. The minimum absolute atomic E-state index is 0.0140. The molecule has 0 saturated carbocycles. The van der Waals surface area contributed by atoms with Crippen molar-refractivity contribution in [1.82, 2.24) is 14.7 Å². The van der Waals surface area contributed by atoms with E-state index in [0.717, 1.165) is 0 Å². The fraction of sp³-hybridized carbons (Fsp3) is 0.636. The standard InChI is InChI=1S/C11H20N4O2/c1-9(2)15(6-7-17-3)11(16)8-14-5-4-10(12)13-14/h4-5,9H,6-8H2,1-3H3,(H2,12,13). The van der Waals surface area contributed by atoms with Gasteiger partial charge in [-0.1, -0.05) is 0 Å². The van der Waals surface area contributed by atoms with Gasteiger partial charge in [-0.25, -0.2) is 0 Å². The largest absolute Gasteiger partial charge is 0.383 e. The van der Waals surface area contributed by atoms with E-state index in [9.17, 15) is 4.79 Å². The summed E-state index contributed by atoms with van der Waals surface area (Å²) >= 11 is 0. The third-order valence-electron chi connectivity index (χ3n) is 2.44. The minimum Gasteiger partial charge on any atom is -0.383 e. The van der Waals surface area contributed by atoms with Crippen molar-refractivity contribution >= 4 is 11.7 Å². The zero-order valence-electron chi connectivity index (χ0n) is 10.6. The first-order valence-electron chi connectivity index (χ1n) is 5.62. The summed E-state index contributed by atoms with van der Waals surface area (Å²) in [5, 5.41) is 3.99. The van der Waals surface area contributed by atoms with E-state index < -0.39 is 0 Å². The van der Waals surface area contributed by atoms with Crippen LogP contribution in [-0.2, 0) is 16.1 Å². The van der Waals surface area contributed by atoms with Crippen LogP contribution < -0.4 is 5.73 Å². The second-order valence-electron chi connectivity index (χ2n) is 4.11. The summed E-state index contributed by atoms with van der Waals surface area (Å²) in [7, 11) is 1.62. The molecule has 96 valence electrons. The summed E-state index contributed by atoms with van der Waals surface area (Å²) < 4.78 is 6.53. The molecule has 0 unspecified atom stereocenters. The summed E-state index contributed by atoms with van der Waals surface area (Å²) in [4.78, 5) is 13.8. The monoisotopic (exact) mass is 240 g/mol. The maximum Gasteiger partial charge on any atom is 0.244 e. The van der Waals surface area contributed by atoms with Crippen LogP contribution in [0.1, 0.15) is 13.8 Å². The summed E-state index contributed by atoms with van der Waals surface area (Å²) in [6.45, 7) is 5.28. The van der Waals surface area contributed by atoms with Crippen LogP contribution in [0.5, 0.6) is 0 Å². The van der Waals surface area contributed by atoms with Gasteiger partial charge in [0.05, 0.1) is 6.61 Å². The second-order valence-corrected chi connectivity index (χ2v) is 4.11. The van der Waals surface area contributed by atoms with E-state index in [1.807, 2.05) is 13.8 Å². The van der Waals surface area contributed by atoms with Crippen LogP contribution in [0, 0.1) is 0 Å². The Morgan fingerprint density at radius 3 is 2.82 bits per heavy atom. The average Bonchev–Trinajstić information content (AvgIpc) is 2.64. The molecule has 0 aromatic carbocycles. The number of nitrogens with two attached hydrogens (primary N) is 1. The van der Waals surface area contributed by atoms with Gasteiger partial charge in [-0.05, 0) is 19.9 Å². The molecule has 0 radical (unpaired) electrons.